The van der Waals surface area contributed by atoms with Gasteiger partial charge in [0.05, 0.1) is 6.42 Å². The molecule has 0 bridgehead atoms. The summed E-state index contributed by atoms with van der Waals surface area (Å²) >= 11 is 1.32. The third-order valence-corrected chi connectivity index (χ3v) is 5.83. The Morgan fingerprint density at radius 2 is 1.77 bits per heavy atom. The monoisotopic (exact) mass is 438 g/mol. The molecule has 2 rings (SSSR count). The van der Waals surface area contributed by atoms with Crippen molar-refractivity contribution in [3.05, 3.63) is 40.4 Å². The molecule has 9 heteroatoms. The maximum Gasteiger partial charge on any atom is 0.248 e. The molecular weight excluding hydrogens is 410 g/mol. The lowest BCUT2D eigenvalue weighted by Gasteiger charge is -2.19. The summed E-state index contributed by atoms with van der Waals surface area (Å²) in [4.78, 5) is 25.0. The summed E-state index contributed by atoms with van der Waals surface area (Å²) in [7, 11) is 0. The molecule has 0 aliphatic carbocycles. The zero-order valence-electron chi connectivity index (χ0n) is 17.7. The molecule has 0 radical (unpaired) electrons. The van der Waals surface area contributed by atoms with E-state index < -0.39 is 29.5 Å². The van der Waals surface area contributed by atoms with E-state index in [1.165, 1.54) is 11.3 Å². The second-order valence-electron chi connectivity index (χ2n) is 7.90. The van der Waals surface area contributed by atoms with Crippen LogP contribution in [0.25, 0.3) is 0 Å². The van der Waals surface area contributed by atoms with Crippen LogP contribution in [-0.2, 0) is 21.4 Å². The molecule has 164 valence electrons. The van der Waals surface area contributed by atoms with Crippen molar-refractivity contribution in [1.82, 2.24) is 15.5 Å². The van der Waals surface area contributed by atoms with Gasteiger partial charge in [0.2, 0.25) is 16.9 Å². The summed E-state index contributed by atoms with van der Waals surface area (Å²) < 4.78 is 26.6. The number of hydrogen-bond donors (Lipinski definition) is 2. The van der Waals surface area contributed by atoms with Gasteiger partial charge in [-0.15, -0.1) is 10.2 Å². The molecule has 0 aliphatic rings. The zero-order valence-corrected chi connectivity index (χ0v) is 18.5. The minimum atomic E-state index is -0.781. The highest BCUT2D eigenvalue weighted by Crippen LogP contribution is 2.32. The summed E-state index contributed by atoms with van der Waals surface area (Å²) in [5, 5.41) is 14.8. The number of nitrogens with zero attached hydrogens (tertiary/aromatic N) is 2. The van der Waals surface area contributed by atoms with Crippen LogP contribution in [0, 0.1) is 11.6 Å². The molecule has 2 N–H and O–H groups in total. The highest BCUT2D eigenvalue weighted by molar-refractivity contribution is 7.15. The van der Waals surface area contributed by atoms with E-state index in [-0.39, 0.29) is 17.4 Å². The second-order valence-corrected chi connectivity index (χ2v) is 8.88. The van der Waals surface area contributed by atoms with Crippen molar-refractivity contribution < 1.29 is 18.4 Å². The molecule has 1 aromatic heterocycles. The minimum absolute atomic E-state index is 0.132. The maximum absolute atomic E-state index is 13.3. The molecule has 0 saturated carbocycles. The van der Waals surface area contributed by atoms with Gasteiger partial charge in [0.25, 0.3) is 0 Å². The van der Waals surface area contributed by atoms with Crippen molar-refractivity contribution >= 4 is 28.3 Å². The number of carbonyl (C=O) groups is 2. The molecule has 6 nitrogen and oxygen atoms in total. The van der Waals surface area contributed by atoms with Crippen LogP contribution in [0.1, 0.15) is 63.9 Å². The van der Waals surface area contributed by atoms with E-state index in [1.54, 1.807) is 0 Å². The fraction of sp³-hybridized carbons (Fsp3) is 0.524. The minimum Gasteiger partial charge on any atom is -0.344 e. The zero-order chi connectivity index (χ0) is 22.3. The quantitative estimate of drug-likeness (QED) is 0.577. The SMILES string of the molecule is CCCC(NC(=O)Cc1cc(F)cc(F)c1)C(=O)Nc1nnc(C(C)(C)CCC)s1. The van der Waals surface area contributed by atoms with Crippen LogP contribution in [0.4, 0.5) is 13.9 Å². The van der Waals surface area contributed by atoms with E-state index in [0.29, 0.717) is 18.0 Å². The molecule has 1 atom stereocenters. The number of rotatable bonds is 10. The van der Waals surface area contributed by atoms with Crippen molar-refractivity contribution in [3.63, 3.8) is 0 Å². The Labute approximate surface area is 179 Å². The van der Waals surface area contributed by atoms with E-state index in [9.17, 15) is 18.4 Å². The van der Waals surface area contributed by atoms with Crippen molar-refractivity contribution in [2.24, 2.45) is 0 Å². The topological polar surface area (TPSA) is 84.0 Å². The van der Waals surface area contributed by atoms with Crippen molar-refractivity contribution in [2.45, 2.75) is 71.3 Å². The molecule has 1 heterocycles. The molecule has 0 aliphatic heterocycles. The molecule has 0 saturated heterocycles. The standard InChI is InChI=1S/C21H28F2N4O2S/c1-5-7-16(24-17(28)11-13-9-14(22)12-15(23)10-13)18(29)25-20-27-26-19(30-20)21(3,4)8-6-2/h9-10,12,16H,5-8,11H2,1-4H3,(H,24,28)(H,25,27,29). The number of hydrogen-bond acceptors (Lipinski definition) is 5. The Kier molecular flexibility index (Phi) is 8.40. The number of carbonyl (C=O) groups excluding carboxylic acids is 2. The average molecular weight is 439 g/mol. The van der Waals surface area contributed by atoms with Crippen LogP contribution in [0.3, 0.4) is 0 Å². The Hall–Kier alpha value is -2.42. The third kappa shape index (κ3) is 6.83. The molecular formula is C21H28F2N4O2S. The second kappa shape index (κ2) is 10.6. The lowest BCUT2D eigenvalue weighted by atomic mass is 9.89. The predicted octanol–water partition coefficient (Wildman–Crippen LogP) is 4.36. The number of aromatic nitrogens is 2. The molecule has 2 aromatic rings. The number of amides is 2. The molecule has 1 unspecified atom stereocenters. The van der Waals surface area contributed by atoms with Crippen LogP contribution in [0.2, 0.25) is 0 Å². The van der Waals surface area contributed by atoms with E-state index >= 15 is 0 Å². The molecule has 1 aromatic carbocycles. The first kappa shape index (κ1) is 23.9. The summed E-state index contributed by atoms with van der Waals surface area (Å²) in [6, 6.07) is 2.15. The fourth-order valence-corrected chi connectivity index (χ4v) is 4.05. The maximum atomic E-state index is 13.3. The number of anilines is 1. The largest absolute Gasteiger partial charge is 0.344 e. The predicted molar refractivity (Wildman–Crippen MR) is 113 cm³/mol. The van der Waals surface area contributed by atoms with Gasteiger partial charge >= 0.3 is 0 Å². The summed E-state index contributed by atoms with van der Waals surface area (Å²) in [5.41, 5.74) is 0.0692. The Balaban J connectivity index is 2.02. The van der Waals surface area contributed by atoms with Crippen LogP contribution in [0.5, 0.6) is 0 Å². The summed E-state index contributed by atoms with van der Waals surface area (Å²) in [6.07, 6.45) is 2.81. The van der Waals surface area contributed by atoms with Gasteiger partial charge in [0.15, 0.2) is 0 Å². The average Bonchev–Trinajstić information content (AvgIpc) is 3.09. The van der Waals surface area contributed by atoms with Gasteiger partial charge in [-0.3, -0.25) is 14.9 Å². The molecule has 30 heavy (non-hydrogen) atoms. The first-order chi connectivity index (χ1) is 14.1. The highest BCUT2D eigenvalue weighted by Gasteiger charge is 2.26. The van der Waals surface area contributed by atoms with Crippen LogP contribution in [0.15, 0.2) is 18.2 Å². The first-order valence-electron chi connectivity index (χ1n) is 10.0. The van der Waals surface area contributed by atoms with Crippen molar-refractivity contribution in [2.75, 3.05) is 5.32 Å². The van der Waals surface area contributed by atoms with Crippen LogP contribution < -0.4 is 10.6 Å². The lowest BCUT2D eigenvalue weighted by Crippen LogP contribution is -2.44. The normalized spacial score (nSPS) is 12.5. The van der Waals surface area contributed by atoms with Crippen molar-refractivity contribution in [1.29, 1.82) is 0 Å². The fourth-order valence-electron chi connectivity index (χ4n) is 3.17. The lowest BCUT2D eigenvalue weighted by molar-refractivity contribution is -0.126. The van der Waals surface area contributed by atoms with Gasteiger partial charge in [-0.1, -0.05) is 51.9 Å². The van der Waals surface area contributed by atoms with Gasteiger partial charge < -0.3 is 5.32 Å². The van der Waals surface area contributed by atoms with Gasteiger partial charge in [-0.05, 0) is 30.5 Å². The smallest absolute Gasteiger partial charge is 0.248 e. The Morgan fingerprint density at radius 1 is 1.10 bits per heavy atom. The Bertz CT molecular complexity index is 865. The van der Waals surface area contributed by atoms with E-state index in [0.717, 1.165) is 36.0 Å². The number of nitrogens with one attached hydrogen (secondary N) is 2. The first-order valence-corrected chi connectivity index (χ1v) is 10.9. The van der Waals surface area contributed by atoms with E-state index in [2.05, 4.69) is 41.6 Å². The van der Waals surface area contributed by atoms with E-state index in [1.807, 2.05) is 6.92 Å². The van der Waals surface area contributed by atoms with E-state index in [4.69, 9.17) is 0 Å². The van der Waals surface area contributed by atoms with Gasteiger partial charge in [-0.2, -0.15) is 0 Å². The van der Waals surface area contributed by atoms with Crippen LogP contribution >= 0.6 is 11.3 Å². The third-order valence-electron chi connectivity index (χ3n) is 4.63. The molecule has 0 spiro atoms. The van der Waals surface area contributed by atoms with Gasteiger partial charge in [0, 0.05) is 11.5 Å². The highest BCUT2D eigenvalue weighted by atomic mass is 32.1. The van der Waals surface area contributed by atoms with Gasteiger partial charge in [0.1, 0.15) is 22.7 Å². The number of benzene rings is 1. The summed E-state index contributed by atoms with van der Waals surface area (Å²) in [6.45, 7) is 8.16. The number of halogens is 2. The molecule has 2 amide bonds. The molecule has 0 fully saturated rings. The Morgan fingerprint density at radius 3 is 2.37 bits per heavy atom. The summed E-state index contributed by atoms with van der Waals surface area (Å²) in [5.74, 6) is -2.39. The van der Waals surface area contributed by atoms with Crippen molar-refractivity contribution in [3.8, 4) is 0 Å². The van der Waals surface area contributed by atoms with Crippen LogP contribution in [-0.4, -0.2) is 28.1 Å². The van der Waals surface area contributed by atoms with Gasteiger partial charge in [-0.25, -0.2) is 8.78 Å².